The van der Waals surface area contributed by atoms with Gasteiger partial charge in [-0.25, -0.2) is 8.42 Å². The Kier molecular flexibility index (Phi) is 10.5. The molecule has 0 saturated heterocycles. The Morgan fingerprint density at radius 1 is 0.977 bits per heavy atom. The number of nitrogens with one attached hydrogen (secondary N) is 1. The fourth-order valence-electron chi connectivity index (χ4n) is 5.04. The first kappa shape index (κ1) is 33.6. The first-order valence-electron chi connectivity index (χ1n) is 14.0. The number of anilines is 1. The number of amides is 2. The molecule has 44 heavy (non-hydrogen) atoms. The zero-order valence-electron chi connectivity index (χ0n) is 24.1. The third kappa shape index (κ3) is 7.86. The zero-order valence-corrected chi connectivity index (χ0v) is 26.4. The van der Waals surface area contributed by atoms with Crippen LogP contribution >= 0.6 is 23.2 Å². The topological polar surface area (TPSA) is 86.8 Å². The molecular weight excluding hydrogens is 638 g/mol. The van der Waals surface area contributed by atoms with Gasteiger partial charge in [-0.1, -0.05) is 71.9 Å². The summed E-state index contributed by atoms with van der Waals surface area (Å²) in [5.74, 6) is -1.26. The minimum Gasteiger partial charge on any atom is -0.352 e. The van der Waals surface area contributed by atoms with E-state index in [9.17, 15) is 31.2 Å². The minimum atomic E-state index is -4.89. The maximum atomic E-state index is 14.1. The zero-order chi connectivity index (χ0) is 32.2. The van der Waals surface area contributed by atoms with Gasteiger partial charge in [0.05, 0.1) is 21.2 Å². The van der Waals surface area contributed by atoms with Gasteiger partial charge in [-0.05, 0) is 68.7 Å². The summed E-state index contributed by atoms with van der Waals surface area (Å²) < 4.78 is 69.9. The highest BCUT2D eigenvalue weighted by molar-refractivity contribution is 7.92. The van der Waals surface area contributed by atoms with Crippen LogP contribution in [-0.2, 0) is 32.3 Å². The second kappa shape index (κ2) is 13.8. The summed E-state index contributed by atoms with van der Waals surface area (Å²) in [6.07, 6.45) is -1.35. The summed E-state index contributed by atoms with van der Waals surface area (Å²) >= 11 is 12.2. The second-order valence-electron chi connectivity index (χ2n) is 10.8. The number of halogens is 5. The van der Waals surface area contributed by atoms with Crippen LogP contribution in [0.15, 0.2) is 71.6 Å². The number of hydrogen-bond donors (Lipinski definition) is 1. The van der Waals surface area contributed by atoms with Gasteiger partial charge in [-0.3, -0.25) is 13.9 Å². The quantitative estimate of drug-likeness (QED) is 0.252. The summed E-state index contributed by atoms with van der Waals surface area (Å²) in [6, 6.07) is 13.9. The van der Waals surface area contributed by atoms with Crippen molar-refractivity contribution in [3.8, 4) is 0 Å². The third-order valence-electron chi connectivity index (χ3n) is 7.60. The molecule has 1 fully saturated rings. The minimum absolute atomic E-state index is 0.0458. The Labute approximate surface area is 265 Å². The van der Waals surface area contributed by atoms with Gasteiger partial charge >= 0.3 is 6.18 Å². The Morgan fingerprint density at radius 3 is 2.23 bits per heavy atom. The molecule has 1 N–H and O–H groups in total. The second-order valence-corrected chi connectivity index (χ2v) is 13.4. The Morgan fingerprint density at radius 2 is 1.61 bits per heavy atom. The Bertz CT molecular complexity index is 1610. The summed E-state index contributed by atoms with van der Waals surface area (Å²) in [4.78, 5) is 28.3. The van der Waals surface area contributed by atoms with E-state index in [1.165, 1.54) is 36.1 Å². The number of carbonyl (C=O) groups is 2. The van der Waals surface area contributed by atoms with E-state index >= 15 is 0 Å². The number of sulfonamides is 1. The fourth-order valence-corrected chi connectivity index (χ4v) is 6.86. The third-order valence-corrected chi connectivity index (χ3v) is 10.1. The van der Waals surface area contributed by atoms with Crippen molar-refractivity contribution >= 4 is 50.7 Å². The van der Waals surface area contributed by atoms with Crippen LogP contribution in [0, 0.1) is 6.92 Å². The van der Waals surface area contributed by atoms with Crippen molar-refractivity contribution in [2.45, 2.75) is 69.2 Å². The molecule has 4 rings (SSSR count). The van der Waals surface area contributed by atoms with Crippen molar-refractivity contribution in [3.05, 3.63) is 93.5 Å². The van der Waals surface area contributed by atoms with Crippen LogP contribution < -0.4 is 9.62 Å². The average molecular weight is 671 g/mol. The highest BCUT2D eigenvalue weighted by atomic mass is 35.5. The van der Waals surface area contributed by atoms with Crippen LogP contribution in [0.4, 0.5) is 18.9 Å². The van der Waals surface area contributed by atoms with Gasteiger partial charge in [-0.15, -0.1) is 0 Å². The van der Waals surface area contributed by atoms with Crippen LogP contribution in [0.3, 0.4) is 0 Å². The van der Waals surface area contributed by atoms with E-state index in [-0.39, 0.29) is 17.5 Å². The molecule has 1 atom stereocenters. The summed E-state index contributed by atoms with van der Waals surface area (Å²) in [5.41, 5.74) is -0.422. The molecule has 236 valence electrons. The van der Waals surface area contributed by atoms with E-state index in [0.29, 0.717) is 21.0 Å². The molecule has 3 aromatic carbocycles. The number of hydrogen-bond acceptors (Lipinski definition) is 4. The molecule has 0 spiro atoms. The number of aryl methyl sites for hydroxylation is 1. The van der Waals surface area contributed by atoms with E-state index in [2.05, 4.69) is 5.32 Å². The van der Waals surface area contributed by atoms with Gasteiger partial charge in [0, 0.05) is 17.6 Å². The van der Waals surface area contributed by atoms with Crippen molar-refractivity contribution in [1.82, 2.24) is 10.2 Å². The predicted molar refractivity (Wildman–Crippen MR) is 164 cm³/mol. The van der Waals surface area contributed by atoms with E-state index < -0.39 is 56.9 Å². The smallest absolute Gasteiger partial charge is 0.352 e. The first-order chi connectivity index (χ1) is 20.7. The van der Waals surface area contributed by atoms with Crippen LogP contribution in [0.25, 0.3) is 0 Å². The van der Waals surface area contributed by atoms with Gasteiger partial charge in [0.15, 0.2) is 0 Å². The van der Waals surface area contributed by atoms with Gasteiger partial charge in [0.25, 0.3) is 10.0 Å². The lowest BCUT2D eigenvalue weighted by molar-refractivity contribution is -0.139. The van der Waals surface area contributed by atoms with Gasteiger partial charge in [-0.2, -0.15) is 13.2 Å². The molecule has 1 aliphatic rings. The number of benzene rings is 3. The largest absolute Gasteiger partial charge is 0.417 e. The molecular formula is C31H32Cl2F3N3O4S. The molecule has 0 bridgehead atoms. The van der Waals surface area contributed by atoms with Crippen LogP contribution in [0.2, 0.25) is 10.0 Å². The molecule has 0 heterocycles. The molecule has 2 amide bonds. The highest BCUT2D eigenvalue weighted by Gasteiger charge is 2.37. The SMILES string of the molecule is Cc1ccc(S(=O)(=O)N(CC(=O)N(Cc2ccccc2Cl)C(C)C(=O)NC2CCCC2)c2ccc(Cl)c(C(F)(F)F)c2)cc1. The lowest BCUT2D eigenvalue weighted by Crippen LogP contribution is -2.52. The van der Waals surface area contributed by atoms with Crippen molar-refractivity contribution < 1.29 is 31.2 Å². The molecule has 13 heteroatoms. The maximum absolute atomic E-state index is 14.1. The van der Waals surface area contributed by atoms with Gasteiger partial charge < -0.3 is 10.2 Å². The summed E-state index contributed by atoms with van der Waals surface area (Å²) in [7, 11) is -4.57. The Balaban J connectivity index is 1.76. The van der Waals surface area contributed by atoms with E-state index in [0.717, 1.165) is 43.4 Å². The Hall–Kier alpha value is -3.28. The monoisotopic (exact) mass is 669 g/mol. The van der Waals surface area contributed by atoms with Crippen LogP contribution in [0.5, 0.6) is 0 Å². The molecule has 3 aromatic rings. The predicted octanol–water partition coefficient (Wildman–Crippen LogP) is 6.99. The number of rotatable bonds is 10. The van der Waals surface area contributed by atoms with Crippen molar-refractivity contribution in [3.63, 3.8) is 0 Å². The van der Waals surface area contributed by atoms with Crippen LogP contribution in [-0.4, -0.2) is 43.8 Å². The first-order valence-corrected chi connectivity index (χ1v) is 16.2. The molecule has 1 saturated carbocycles. The molecule has 1 aliphatic carbocycles. The lowest BCUT2D eigenvalue weighted by Gasteiger charge is -2.33. The molecule has 1 unspecified atom stereocenters. The van der Waals surface area contributed by atoms with E-state index in [1.807, 2.05) is 0 Å². The molecule has 0 aromatic heterocycles. The normalized spacial score (nSPS) is 14.7. The molecule has 0 aliphatic heterocycles. The lowest BCUT2D eigenvalue weighted by atomic mass is 10.1. The van der Waals surface area contributed by atoms with Crippen molar-refractivity contribution in [2.75, 3.05) is 10.8 Å². The highest BCUT2D eigenvalue weighted by Crippen LogP contribution is 2.38. The standard InChI is InChI=1S/C31H32Cl2F3N3O4S/c1-20-11-14-25(15-12-20)44(42,43)39(24-13-16-28(33)26(17-24)31(34,35)36)19-29(40)38(18-22-7-3-6-10-27(22)32)21(2)30(41)37-23-8-4-5-9-23/h3,6-7,10-17,21,23H,4-5,8-9,18-19H2,1-2H3,(H,37,41). The number of alkyl halides is 3. The maximum Gasteiger partial charge on any atom is 0.417 e. The van der Waals surface area contributed by atoms with E-state index in [4.69, 9.17) is 23.2 Å². The molecule has 0 radical (unpaired) electrons. The van der Waals surface area contributed by atoms with Crippen molar-refractivity contribution in [1.29, 1.82) is 0 Å². The number of carbonyl (C=O) groups excluding carboxylic acids is 2. The average Bonchev–Trinajstić information content (AvgIpc) is 3.48. The fraction of sp³-hybridized carbons (Fsp3) is 0.355. The molecule has 7 nitrogen and oxygen atoms in total. The van der Waals surface area contributed by atoms with Crippen LogP contribution in [0.1, 0.15) is 49.3 Å². The van der Waals surface area contributed by atoms with Gasteiger partial charge in [0.1, 0.15) is 12.6 Å². The van der Waals surface area contributed by atoms with Gasteiger partial charge in [0.2, 0.25) is 11.8 Å². The van der Waals surface area contributed by atoms with Crippen molar-refractivity contribution in [2.24, 2.45) is 0 Å². The summed E-state index contributed by atoms with van der Waals surface area (Å²) in [6.45, 7) is 2.21. The van der Waals surface area contributed by atoms with E-state index in [1.54, 1.807) is 31.2 Å². The summed E-state index contributed by atoms with van der Waals surface area (Å²) in [5, 5.41) is 2.65. The number of nitrogens with zero attached hydrogens (tertiary/aromatic N) is 2.